The number of morpholine rings is 1. The molecule has 0 radical (unpaired) electrons. The van der Waals surface area contributed by atoms with Crippen LogP contribution in [0.5, 0.6) is 0 Å². The molecule has 0 bridgehead atoms. The minimum atomic E-state index is -0.617. The Morgan fingerprint density at radius 3 is 2.59 bits per heavy atom. The number of carbonyl (C=O) groups is 1. The minimum absolute atomic E-state index is 0.0191. The van der Waals surface area contributed by atoms with Gasteiger partial charge < -0.3 is 14.7 Å². The number of hydrogen-bond donors (Lipinski definition) is 1. The van der Waals surface area contributed by atoms with E-state index in [4.69, 9.17) is 4.74 Å². The van der Waals surface area contributed by atoms with Gasteiger partial charge in [-0.2, -0.15) is 0 Å². The van der Waals surface area contributed by atoms with Gasteiger partial charge in [-0.1, -0.05) is 55.5 Å². The van der Waals surface area contributed by atoms with Gasteiger partial charge in [0.05, 0.1) is 19.3 Å². The second-order valence-electron chi connectivity index (χ2n) is 5.42. The standard InChI is InChI=1S/C18H23NO3/c1-15(7-10-18(21)19-11-13-22-14-12-19)17(20)9-8-16-5-3-2-4-6-16/h2-10,15,17,20H,11-14H2,1H3/b9-8+,10-7+/t15-,17+/m1/s1. The van der Waals surface area contributed by atoms with E-state index in [1.165, 1.54) is 0 Å². The Morgan fingerprint density at radius 1 is 1.23 bits per heavy atom. The molecule has 1 N–H and O–H groups in total. The molecule has 0 aliphatic carbocycles. The van der Waals surface area contributed by atoms with Crippen molar-refractivity contribution in [3.63, 3.8) is 0 Å². The summed E-state index contributed by atoms with van der Waals surface area (Å²) >= 11 is 0. The molecule has 0 unspecified atom stereocenters. The van der Waals surface area contributed by atoms with E-state index in [9.17, 15) is 9.90 Å². The van der Waals surface area contributed by atoms with E-state index in [0.717, 1.165) is 5.56 Å². The summed E-state index contributed by atoms with van der Waals surface area (Å²) in [5.74, 6) is -0.139. The second-order valence-corrected chi connectivity index (χ2v) is 5.42. The summed E-state index contributed by atoms with van der Waals surface area (Å²) in [6.07, 6.45) is 6.34. The summed E-state index contributed by atoms with van der Waals surface area (Å²) in [7, 11) is 0. The first-order valence-corrected chi connectivity index (χ1v) is 7.63. The number of ether oxygens (including phenoxy) is 1. The lowest BCUT2D eigenvalue weighted by Crippen LogP contribution is -2.39. The Labute approximate surface area is 131 Å². The smallest absolute Gasteiger partial charge is 0.246 e. The first-order valence-electron chi connectivity index (χ1n) is 7.63. The van der Waals surface area contributed by atoms with Crippen LogP contribution in [0.1, 0.15) is 12.5 Å². The molecule has 0 spiro atoms. The molecule has 2 atom stereocenters. The third kappa shape index (κ3) is 5.13. The largest absolute Gasteiger partial charge is 0.388 e. The van der Waals surface area contributed by atoms with Gasteiger partial charge >= 0.3 is 0 Å². The zero-order valence-corrected chi connectivity index (χ0v) is 12.9. The molecule has 118 valence electrons. The third-order valence-corrected chi connectivity index (χ3v) is 3.69. The van der Waals surface area contributed by atoms with Crippen molar-refractivity contribution in [3.05, 3.63) is 54.1 Å². The Balaban J connectivity index is 1.85. The number of aliphatic hydroxyl groups excluding tert-OH is 1. The molecule has 1 amide bonds. The summed E-state index contributed by atoms with van der Waals surface area (Å²) in [6, 6.07) is 9.82. The molecular weight excluding hydrogens is 278 g/mol. The van der Waals surface area contributed by atoms with E-state index < -0.39 is 6.10 Å². The van der Waals surface area contributed by atoms with Crippen molar-refractivity contribution in [2.45, 2.75) is 13.0 Å². The number of benzene rings is 1. The summed E-state index contributed by atoms with van der Waals surface area (Å²) in [4.78, 5) is 13.8. The van der Waals surface area contributed by atoms with Crippen molar-refractivity contribution in [1.29, 1.82) is 0 Å². The van der Waals surface area contributed by atoms with Gasteiger partial charge in [0.1, 0.15) is 0 Å². The first-order chi connectivity index (χ1) is 10.7. The van der Waals surface area contributed by atoms with Crippen LogP contribution in [-0.2, 0) is 9.53 Å². The van der Waals surface area contributed by atoms with Crippen molar-refractivity contribution >= 4 is 12.0 Å². The fourth-order valence-corrected chi connectivity index (χ4v) is 2.19. The Kier molecular flexibility index (Phi) is 6.37. The van der Waals surface area contributed by atoms with Gasteiger partial charge in [-0.25, -0.2) is 0 Å². The third-order valence-electron chi connectivity index (χ3n) is 3.69. The quantitative estimate of drug-likeness (QED) is 0.848. The van der Waals surface area contributed by atoms with E-state index in [-0.39, 0.29) is 11.8 Å². The minimum Gasteiger partial charge on any atom is -0.388 e. The maximum Gasteiger partial charge on any atom is 0.246 e. The molecule has 0 saturated carbocycles. The van der Waals surface area contributed by atoms with Gasteiger partial charge in [0.15, 0.2) is 0 Å². The van der Waals surface area contributed by atoms with Crippen molar-refractivity contribution in [1.82, 2.24) is 4.90 Å². The van der Waals surface area contributed by atoms with Crippen molar-refractivity contribution in [2.75, 3.05) is 26.3 Å². The van der Waals surface area contributed by atoms with Crippen LogP contribution in [-0.4, -0.2) is 48.3 Å². The Hall–Kier alpha value is -1.91. The van der Waals surface area contributed by atoms with Gasteiger partial charge in [0, 0.05) is 19.0 Å². The van der Waals surface area contributed by atoms with Gasteiger partial charge in [-0.15, -0.1) is 0 Å². The number of nitrogens with zero attached hydrogens (tertiary/aromatic N) is 1. The van der Waals surface area contributed by atoms with Crippen LogP contribution in [0.15, 0.2) is 48.6 Å². The van der Waals surface area contributed by atoms with Gasteiger partial charge in [0.2, 0.25) is 5.91 Å². The molecule has 1 saturated heterocycles. The first kappa shape index (κ1) is 16.5. The number of amides is 1. The molecule has 22 heavy (non-hydrogen) atoms. The number of rotatable bonds is 5. The summed E-state index contributed by atoms with van der Waals surface area (Å²) in [5.41, 5.74) is 1.04. The van der Waals surface area contributed by atoms with E-state index in [0.29, 0.717) is 26.3 Å². The fourth-order valence-electron chi connectivity index (χ4n) is 2.19. The number of carbonyl (C=O) groups excluding carboxylic acids is 1. The zero-order chi connectivity index (χ0) is 15.8. The topological polar surface area (TPSA) is 49.8 Å². The molecule has 4 nitrogen and oxygen atoms in total. The highest BCUT2D eigenvalue weighted by atomic mass is 16.5. The zero-order valence-electron chi connectivity index (χ0n) is 12.9. The molecule has 0 aromatic heterocycles. The van der Waals surface area contributed by atoms with Crippen molar-refractivity contribution in [2.24, 2.45) is 5.92 Å². The van der Waals surface area contributed by atoms with Crippen LogP contribution in [0, 0.1) is 5.92 Å². The monoisotopic (exact) mass is 301 g/mol. The lowest BCUT2D eigenvalue weighted by Gasteiger charge is -2.25. The van der Waals surface area contributed by atoms with Crippen LogP contribution < -0.4 is 0 Å². The highest BCUT2D eigenvalue weighted by Gasteiger charge is 2.15. The van der Waals surface area contributed by atoms with Crippen LogP contribution in [0.25, 0.3) is 6.08 Å². The van der Waals surface area contributed by atoms with E-state index >= 15 is 0 Å². The van der Waals surface area contributed by atoms with Gasteiger partial charge in [-0.3, -0.25) is 4.79 Å². The van der Waals surface area contributed by atoms with Crippen molar-refractivity contribution in [3.8, 4) is 0 Å². The SMILES string of the molecule is C[C@H](/C=C/C(=O)N1CCOCC1)[C@@H](O)/C=C/c1ccccc1. The lowest BCUT2D eigenvalue weighted by molar-refractivity contribution is -0.130. The van der Waals surface area contributed by atoms with Crippen LogP contribution in [0.3, 0.4) is 0 Å². The maximum absolute atomic E-state index is 12.0. The molecular formula is C18H23NO3. The summed E-state index contributed by atoms with van der Waals surface area (Å²) in [5, 5.41) is 10.1. The van der Waals surface area contributed by atoms with Crippen molar-refractivity contribution < 1.29 is 14.6 Å². The predicted octanol–water partition coefficient (Wildman–Crippen LogP) is 2.11. The van der Waals surface area contributed by atoms with Crippen LogP contribution in [0.4, 0.5) is 0 Å². The molecule has 1 aliphatic rings. The molecule has 1 aromatic rings. The molecule has 1 aromatic carbocycles. The fraction of sp³-hybridized carbons (Fsp3) is 0.389. The lowest BCUT2D eigenvalue weighted by atomic mass is 10.0. The molecule has 1 aliphatic heterocycles. The van der Waals surface area contributed by atoms with Gasteiger partial charge in [0.25, 0.3) is 0 Å². The molecule has 1 fully saturated rings. The Bertz CT molecular complexity index is 518. The molecule has 4 heteroatoms. The normalized spacial score (nSPS) is 18.7. The van der Waals surface area contributed by atoms with E-state index in [1.807, 2.05) is 43.3 Å². The van der Waals surface area contributed by atoms with Gasteiger partial charge in [-0.05, 0) is 11.6 Å². The highest BCUT2D eigenvalue weighted by Crippen LogP contribution is 2.10. The maximum atomic E-state index is 12.0. The molecule has 2 rings (SSSR count). The average Bonchev–Trinajstić information content (AvgIpc) is 2.58. The number of hydrogen-bond acceptors (Lipinski definition) is 3. The summed E-state index contributed by atoms with van der Waals surface area (Å²) < 4.78 is 5.22. The number of aliphatic hydroxyl groups is 1. The van der Waals surface area contributed by atoms with Crippen LogP contribution in [0.2, 0.25) is 0 Å². The van der Waals surface area contributed by atoms with Crippen LogP contribution >= 0.6 is 0 Å². The Morgan fingerprint density at radius 2 is 1.91 bits per heavy atom. The predicted molar refractivity (Wildman–Crippen MR) is 87.2 cm³/mol. The van der Waals surface area contributed by atoms with E-state index in [2.05, 4.69) is 0 Å². The van der Waals surface area contributed by atoms with E-state index in [1.54, 1.807) is 23.1 Å². The highest BCUT2D eigenvalue weighted by molar-refractivity contribution is 5.87. The summed E-state index contributed by atoms with van der Waals surface area (Å²) in [6.45, 7) is 4.35. The second kappa shape index (κ2) is 8.51. The average molecular weight is 301 g/mol. The molecule has 1 heterocycles.